The zero-order valence-corrected chi connectivity index (χ0v) is 22.3. The van der Waals surface area contributed by atoms with Gasteiger partial charge in [-0.2, -0.15) is 13.2 Å². The fourth-order valence-corrected chi connectivity index (χ4v) is 4.82. The Labute approximate surface area is 230 Å². The number of alkyl halides is 3. The van der Waals surface area contributed by atoms with Gasteiger partial charge in [-0.05, 0) is 80.2 Å². The third-order valence-corrected chi connectivity index (χ3v) is 6.92. The van der Waals surface area contributed by atoms with Crippen LogP contribution in [0.4, 0.5) is 18.9 Å². The number of nitrogens with zero attached hydrogens (tertiary/aromatic N) is 3. The van der Waals surface area contributed by atoms with E-state index < -0.39 is 12.6 Å². The van der Waals surface area contributed by atoms with Gasteiger partial charge in [-0.1, -0.05) is 18.7 Å². The fourth-order valence-electron chi connectivity index (χ4n) is 4.82. The molecule has 2 aromatic heterocycles. The number of nitrogens with one attached hydrogen (secondary N) is 2. The monoisotopic (exact) mass is 554 g/mol. The van der Waals surface area contributed by atoms with E-state index in [2.05, 4.69) is 31.7 Å². The highest BCUT2D eigenvalue weighted by molar-refractivity contribution is 5.85. The summed E-state index contributed by atoms with van der Waals surface area (Å²) >= 11 is 0. The van der Waals surface area contributed by atoms with E-state index in [1.165, 1.54) is 31.3 Å². The summed E-state index contributed by atoms with van der Waals surface area (Å²) in [7, 11) is 1.49. The quantitative estimate of drug-likeness (QED) is 0.315. The van der Waals surface area contributed by atoms with E-state index in [-0.39, 0.29) is 12.0 Å². The number of likely N-dealkylation sites (tertiary alicyclic amines) is 1. The van der Waals surface area contributed by atoms with E-state index in [4.69, 9.17) is 10.5 Å². The first-order valence-electron chi connectivity index (χ1n) is 13.0. The number of rotatable bonds is 10. The Morgan fingerprint density at radius 1 is 1.23 bits per heavy atom. The molecule has 0 atom stereocenters. The summed E-state index contributed by atoms with van der Waals surface area (Å²) in [5.41, 5.74) is 9.88. The van der Waals surface area contributed by atoms with E-state index in [9.17, 15) is 18.0 Å². The van der Waals surface area contributed by atoms with Crippen LogP contribution in [-0.4, -0.2) is 52.8 Å². The lowest BCUT2D eigenvalue weighted by Gasteiger charge is -2.32. The Kier molecular flexibility index (Phi) is 9.26. The highest BCUT2D eigenvalue weighted by Gasteiger charge is 2.27. The zero-order valence-electron chi connectivity index (χ0n) is 22.3. The molecule has 3 aromatic rings. The molecule has 0 bridgehead atoms. The molecule has 1 fully saturated rings. The average Bonchev–Trinajstić information content (AvgIpc) is 2.93. The first kappa shape index (κ1) is 28.9. The number of benzene rings is 1. The van der Waals surface area contributed by atoms with Crippen molar-refractivity contribution in [1.82, 2.24) is 19.9 Å². The van der Waals surface area contributed by atoms with Crippen molar-refractivity contribution in [1.29, 1.82) is 0 Å². The molecule has 8 nitrogen and oxygen atoms in total. The van der Waals surface area contributed by atoms with Gasteiger partial charge >= 0.3 is 6.18 Å². The summed E-state index contributed by atoms with van der Waals surface area (Å²) in [6.45, 7) is 6.14. The molecular formula is C29H33F3N6O2. The molecule has 1 aromatic carbocycles. The maximum atomic E-state index is 12.8. The van der Waals surface area contributed by atoms with Gasteiger partial charge in [0.2, 0.25) is 5.88 Å². The Bertz CT molecular complexity index is 1390. The third-order valence-electron chi connectivity index (χ3n) is 6.92. The van der Waals surface area contributed by atoms with Crippen molar-refractivity contribution in [2.24, 2.45) is 5.73 Å². The van der Waals surface area contributed by atoms with Crippen LogP contribution in [0.1, 0.15) is 54.0 Å². The standard InChI is InChI=1S/C29H33F3N6O2/c1-19(27-22(8-12-35-28(27)39)16-24(33)25-17-34-18-26(37-25)40-2)36-23-6-4-20(5-7-23)21-9-14-38(15-10-21)13-3-11-29(30,31)32/h4-8,12,16-18,21,36H,1,3,9-11,13-15,33H2,2H3,(H,35,39)/b24-16-. The second-order valence-electron chi connectivity index (χ2n) is 9.74. The van der Waals surface area contributed by atoms with Crippen molar-refractivity contribution in [3.8, 4) is 5.88 Å². The van der Waals surface area contributed by atoms with Crippen molar-refractivity contribution in [3.05, 3.63) is 88.2 Å². The molecule has 3 heterocycles. The molecule has 1 aliphatic rings. The van der Waals surface area contributed by atoms with Crippen LogP contribution in [0.3, 0.4) is 0 Å². The van der Waals surface area contributed by atoms with Crippen molar-refractivity contribution in [2.75, 3.05) is 32.1 Å². The highest BCUT2D eigenvalue weighted by atomic mass is 19.4. The maximum absolute atomic E-state index is 12.8. The largest absolute Gasteiger partial charge is 0.480 e. The lowest BCUT2D eigenvalue weighted by atomic mass is 9.89. The molecule has 4 N–H and O–H groups in total. The van der Waals surface area contributed by atoms with Gasteiger partial charge < -0.3 is 25.7 Å². The summed E-state index contributed by atoms with van der Waals surface area (Å²) in [6, 6.07) is 9.67. The van der Waals surface area contributed by atoms with E-state index in [0.29, 0.717) is 46.6 Å². The summed E-state index contributed by atoms with van der Waals surface area (Å²) in [6.07, 6.45) is 3.27. The van der Waals surface area contributed by atoms with Crippen molar-refractivity contribution in [3.63, 3.8) is 0 Å². The van der Waals surface area contributed by atoms with Gasteiger partial charge in [-0.15, -0.1) is 0 Å². The van der Waals surface area contributed by atoms with E-state index in [1.807, 2.05) is 24.3 Å². The minimum atomic E-state index is -4.09. The van der Waals surface area contributed by atoms with Gasteiger partial charge in [0.25, 0.3) is 5.56 Å². The summed E-state index contributed by atoms with van der Waals surface area (Å²) in [5.74, 6) is 0.675. The van der Waals surface area contributed by atoms with Crippen LogP contribution in [0.15, 0.2) is 60.3 Å². The number of aromatic nitrogens is 3. The number of aromatic amines is 1. The second kappa shape index (κ2) is 12.8. The SMILES string of the molecule is C=C(Nc1ccc(C2CCN(CCCC(F)(F)F)CC2)cc1)c1c(/C=C(\N)c2cncc(OC)n2)cc[nH]c1=O. The van der Waals surface area contributed by atoms with Gasteiger partial charge in [0, 0.05) is 24.0 Å². The number of anilines is 1. The van der Waals surface area contributed by atoms with Crippen LogP contribution in [0, 0.1) is 0 Å². The summed E-state index contributed by atoms with van der Waals surface area (Å²) < 4.78 is 42.4. The van der Waals surface area contributed by atoms with Crippen molar-refractivity contribution in [2.45, 2.75) is 37.8 Å². The number of piperidine rings is 1. The fraction of sp³-hybridized carbons (Fsp3) is 0.345. The smallest absolute Gasteiger partial charge is 0.389 e. The molecule has 11 heteroatoms. The maximum Gasteiger partial charge on any atom is 0.389 e. The van der Waals surface area contributed by atoms with Gasteiger partial charge in [0.05, 0.1) is 30.8 Å². The van der Waals surface area contributed by atoms with Crippen LogP contribution in [0.25, 0.3) is 17.5 Å². The van der Waals surface area contributed by atoms with Gasteiger partial charge in [0.1, 0.15) is 5.69 Å². The Morgan fingerprint density at radius 2 is 1.95 bits per heavy atom. The van der Waals surface area contributed by atoms with Crippen molar-refractivity contribution >= 4 is 23.2 Å². The number of nitrogens with two attached hydrogens (primary N) is 1. The first-order chi connectivity index (χ1) is 19.1. The molecule has 0 aliphatic carbocycles. The summed E-state index contributed by atoms with van der Waals surface area (Å²) in [4.78, 5) is 25.9. The number of halogens is 3. The van der Waals surface area contributed by atoms with Crippen molar-refractivity contribution < 1.29 is 17.9 Å². The van der Waals surface area contributed by atoms with E-state index >= 15 is 0 Å². The number of H-pyrrole nitrogens is 1. The molecule has 4 rings (SSSR count). The predicted molar refractivity (Wildman–Crippen MR) is 151 cm³/mol. The molecule has 0 amide bonds. The number of methoxy groups -OCH3 is 1. The average molecular weight is 555 g/mol. The van der Waals surface area contributed by atoms with E-state index in [1.54, 1.807) is 12.1 Å². The van der Waals surface area contributed by atoms with Crippen LogP contribution < -0.4 is 21.3 Å². The molecule has 40 heavy (non-hydrogen) atoms. The molecule has 0 saturated carbocycles. The van der Waals surface area contributed by atoms with Gasteiger partial charge in [-0.3, -0.25) is 9.78 Å². The van der Waals surface area contributed by atoms with Gasteiger partial charge in [0.15, 0.2) is 0 Å². The Morgan fingerprint density at radius 3 is 2.62 bits per heavy atom. The van der Waals surface area contributed by atoms with Crippen LogP contribution in [0.2, 0.25) is 0 Å². The number of ether oxygens (including phenoxy) is 1. The van der Waals surface area contributed by atoms with Crippen LogP contribution in [-0.2, 0) is 0 Å². The molecular weight excluding hydrogens is 521 g/mol. The van der Waals surface area contributed by atoms with Crippen LogP contribution in [0.5, 0.6) is 5.88 Å². The Hall–Kier alpha value is -4.12. The Balaban J connectivity index is 1.39. The second-order valence-corrected chi connectivity index (χ2v) is 9.74. The number of pyridine rings is 1. The zero-order chi connectivity index (χ0) is 28.7. The van der Waals surface area contributed by atoms with E-state index in [0.717, 1.165) is 31.6 Å². The number of hydrogen-bond donors (Lipinski definition) is 3. The molecule has 212 valence electrons. The topological polar surface area (TPSA) is 109 Å². The lowest BCUT2D eigenvalue weighted by molar-refractivity contribution is -0.136. The molecule has 0 spiro atoms. The van der Waals surface area contributed by atoms with Gasteiger partial charge in [-0.25, -0.2) is 4.98 Å². The normalized spacial score (nSPS) is 15.2. The van der Waals surface area contributed by atoms with Crippen LogP contribution >= 0.6 is 0 Å². The lowest BCUT2D eigenvalue weighted by Crippen LogP contribution is -2.34. The highest BCUT2D eigenvalue weighted by Crippen LogP contribution is 2.30. The summed E-state index contributed by atoms with van der Waals surface area (Å²) in [5, 5.41) is 3.21. The third kappa shape index (κ3) is 7.72. The predicted octanol–water partition coefficient (Wildman–Crippen LogP) is 5.24. The molecule has 1 aliphatic heterocycles. The molecule has 0 radical (unpaired) electrons. The minimum Gasteiger partial charge on any atom is -0.480 e. The molecule has 0 unspecified atom stereocenters. The number of hydrogen-bond acceptors (Lipinski definition) is 7. The first-order valence-corrected chi connectivity index (χ1v) is 13.0. The minimum absolute atomic E-state index is 0.141. The molecule has 1 saturated heterocycles.